The number of amides is 3. The number of esters is 1. The topological polar surface area (TPSA) is 114 Å². The van der Waals surface area contributed by atoms with Crippen molar-refractivity contribution >= 4 is 23.7 Å². The Hall–Kier alpha value is -3.68. The second-order valence-corrected chi connectivity index (χ2v) is 6.23. The molecule has 0 unspecified atom stereocenters. The van der Waals surface area contributed by atoms with Gasteiger partial charge in [0.1, 0.15) is 0 Å². The molecule has 0 fully saturated rings. The van der Waals surface area contributed by atoms with E-state index in [4.69, 9.17) is 4.74 Å². The lowest BCUT2D eigenvalue weighted by Crippen LogP contribution is -2.41. The van der Waals surface area contributed by atoms with Crippen molar-refractivity contribution in [2.24, 2.45) is 0 Å². The summed E-state index contributed by atoms with van der Waals surface area (Å²) < 4.78 is 4.87. The first kappa shape index (κ1) is 21.6. The van der Waals surface area contributed by atoms with E-state index in [-0.39, 0.29) is 18.9 Å². The number of rotatable bonds is 8. The maximum atomic E-state index is 11.9. The van der Waals surface area contributed by atoms with E-state index in [2.05, 4.69) is 16.2 Å². The summed E-state index contributed by atoms with van der Waals surface area (Å²) >= 11 is 0. The van der Waals surface area contributed by atoms with E-state index in [1.807, 2.05) is 37.3 Å². The zero-order valence-corrected chi connectivity index (χ0v) is 16.0. The van der Waals surface area contributed by atoms with Crippen LogP contribution in [0.2, 0.25) is 0 Å². The van der Waals surface area contributed by atoms with Crippen LogP contribution in [0.15, 0.2) is 60.7 Å². The van der Waals surface area contributed by atoms with Gasteiger partial charge in [-0.05, 0) is 24.6 Å². The quantitative estimate of drug-likeness (QED) is 0.463. The van der Waals surface area contributed by atoms with Crippen molar-refractivity contribution in [3.8, 4) is 0 Å². The average molecular weight is 397 g/mol. The lowest BCUT2D eigenvalue weighted by Gasteiger charge is -2.14. The van der Waals surface area contributed by atoms with Gasteiger partial charge in [0.25, 0.3) is 11.8 Å². The van der Waals surface area contributed by atoms with Gasteiger partial charge >= 0.3 is 5.97 Å². The molecule has 3 N–H and O–H groups in total. The molecular formula is C21H23N3O5. The third kappa shape index (κ3) is 7.84. The maximum absolute atomic E-state index is 11.9. The Morgan fingerprint density at radius 3 is 2.10 bits per heavy atom. The van der Waals surface area contributed by atoms with Gasteiger partial charge in [0.2, 0.25) is 5.91 Å². The van der Waals surface area contributed by atoms with Crippen LogP contribution in [-0.2, 0) is 19.1 Å². The highest BCUT2D eigenvalue weighted by Crippen LogP contribution is 2.10. The van der Waals surface area contributed by atoms with Crippen LogP contribution < -0.4 is 16.2 Å². The molecule has 8 heteroatoms. The molecule has 2 rings (SSSR count). The largest absolute Gasteiger partial charge is 0.456 e. The van der Waals surface area contributed by atoms with Crippen LogP contribution in [-0.4, -0.2) is 30.3 Å². The van der Waals surface area contributed by atoms with Crippen LogP contribution in [0.5, 0.6) is 0 Å². The van der Waals surface area contributed by atoms with Crippen LogP contribution in [0.25, 0.3) is 0 Å². The standard InChI is InChI=1S/C21H23N3O5/c1-15(16-8-4-2-5-9-16)22-19(26)14-29-20(27)13-12-18(25)23-24-21(28)17-10-6-3-7-11-17/h2-11,15H,12-14H2,1H3,(H,22,26)(H,23,25)(H,24,28)/t15-/m1/s1. The van der Waals surface area contributed by atoms with Crippen LogP contribution in [0.3, 0.4) is 0 Å². The zero-order valence-electron chi connectivity index (χ0n) is 16.0. The van der Waals surface area contributed by atoms with Gasteiger partial charge in [0, 0.05) is 12.0 Å². The number of ether oxygens (including phenoxy) is 1. The van der Waals surface area contributed by atoms with E-state index in [1.165, 1.54) is 0 Å². The van der Waals surface area contributed by atoms with E-state index in [0.717, 1.165) is 5.56 Å². The minimum Gasteiger partial charge on any atom is -0.456 e. The van der Waals surface area contributed by atoms with Crippen LogP contribution in [0.4, 0.5) is 0 Å². The maximum Gasteiger partial charge on any atom is 0.306 e. The lowest BCUT2D eigenvalue weighted by atomic mass is 10.1. The first-order valence-corrected chi connectivity index (χ1v) is 9.10. The number of carbonyl (C=O) groups excluding carboxylic acids is 4. The minimum absolute atomic E-state index is 0.185. The van der Waals surface area contributed by atoms with Crippen molar-refractivity contribution in [3.05, 3.63) is 71.8 Å². The fraction of sp³-hybridized carbons (Fsp3) is 0.238. The van der Waals surface area contributed by atoms with E-state index in [1.54, 1.807) is 30.3 Å². The molecule has 0 spiro atoms. The van der Waals surface area contributed by atoms with E-state index < -0.39 is 30.3 Å². The summed E-state index contributed by atoms with van der Waals surface area (Å²) in [5.74, 6) is -2.13. The SMILES string of the molecule is C[C@@H](NC(=O)COC(=O)CCC(=O)NNC(=O)c1ccccc1)c1ccccc1. The Kier molecular flexibility index (Phi) is 8.37. The Bertz CT molecular complexity index is 840. The average Bonchev–Trinajstić information content (AvgIpc) is 2.75. The molecular weight excluding hydrogens is 374 g/mol. The van der Waals surface area contributed by atoms with Gasteiger partial charge in [-0.1, -0.05) is 48.5 Å². The monoisotopic (exact) mass is 397 g/mol. The molecule has 29 heavy (non-hydrogen) atoms. The molecule has 2 aromatic carbocycles. The molecule has 0 saturated heterocycles. The normalized spacial score (nSPS) is 11.1. The Morgan fingerprint density at radius 2 is 1.45 bits per heavy atom. The molecule has 8 nitrogen and oxygen atoms in total. The third-order valence-electron chi connectivity index (χ3n) is 3.95. The van der Waals surface area contributed by atoms with Gasteiger partial charge in [0.05, 0.1) is 12.5 Å². The fourth-order valence-electron chi connectivity index (χ4n) is 2.39. The number of nitrogens with one attached hydrogen (secondary N) is 3. The number of carbonyl (C=O) groups is 4. The summed E-state index contributed by atoms with van der Waals surface area (Å²) in [6, 6.07) is 17.5. The molecule has 0 aliphatic rings. The summed E-state index contributed by atoms with van der Waals surface area (Å²) in [6.45, 7) is 1.39. The zero-order chi connectivity index (χ0) is 21.1. The molecule has 0 aromatic heterocycles. The second-order valence-electron chi connectivity index (χ2n) is 6.23. The van der Waals surface area contributed by atoms with Crippen molar-refractivity contribution in [2.45, 2.75) is 25.8 Å². The molecule has 0 saturated carbocycles. The number of hydrogen-bond acceptors (Lipinski definition) is 5. The summed E-state index contributed by atoms with van der Waals surface area (Å²) in [5, 5.41) is 2.72. The highest BCUT2D eigenvalue weighted by Gasteiger charge is 2.13. The summed E-state index contributed by atoms with van der Waals surface area (Å²) in [6.07, 6.45) is -0.398. The first-order chi connectivity index (χ1) is 14.0. The van der Waals surface area contributed by atoms with Crippen molar-refractivity contribution in [1.29, 1.82) is 0 Å². The van der Waals surface area contributed by atoms with Gasteiger partial charge in [-0.25, -0.2) is 0 Å². The molecule has 0 heterocycles. The summed E-state index contributed by atoms with van der Waals surface area (Å²) in [4.78, 5) is 47.1. The lowest BCUT2D eigenvalue weighted by molar-refractivity contribution is -0.149. The van der Waals surface area contributed by atoms with Gasteiger partial charge in [-0.15, -0.1) is 0 Å². The second kappa shape index (κ2) is 11.2. The van der Waals surface area contributed by atoms with Gasteiger partial charge in [0.15, 0.2) is 6.61 Å². The first-order valence-electron chi connectivity index (χ1n) is 9.10. The van der Waals surface area contributed by atoms with Crippen molar-refractivity contribution in [1.82, 2.24) is 16.2 Å². The molecule has 0 aliphatic heterocycles. The smallest absolute Gasteiger partial charge is 0.306 e. The van der Waals surface area contributed by atoms with E-state index in [0.29, 0.717) is 5.56 Å². The number of benzene rings is 2. The Labute approximate surface area is 168 Å². The van der Waals surface area contributed by atoms with Crippen LogP contribution in [0.1, 0.15) is 41.7 Å². The molecule has 152 valence electrons. The highest BCUT2D eigenvalue weighted by atomic mass is 16.5. The molecule has 0 aliphatic carbocycles. The third-order valence-corrected chi connectivity index (χ3v) is 3.95. The molecule has 0 radical (unpaired) electrons. The summed E-state index contributed by atoms with van der Waals surface area (Å²) in [7, 11) is 0. The minimum atomic E-state index is -0.683. The fourth-order valence-corrected chi connectivity index (χ4v) is 2.39. The molecule has 0 bridgehead atoms. The van der Waals surface area contributed by atoms with Gasteiger partial charge in [-0.2, -0.15) is 0 Å². The van der Waals surface area contributed by atoms with Crippen LogP contribution in [0, 0.1) is 0 Å². The van der Waals surface area contributed by atoms with Crippen molar-refractivity contribution < 1.29 is 23.9 Å². The molecule has 1 atom stereocenters. The van der Waals surface area contributed by atoms with Crippen molar-refractivity contribution in [2.75, 3.05) is 6.61 Å². The van der Waals surface area contributed by atoms with Gasteiger partial charge < -0.3 is 10.1 Å². The van der Waals surface area contributed by atoms with Crippen molar-refractivity contribution in [3.63, 3.8) is 0 Å². The van der Waals surface area contributed by atoms with Gasteiger partial charge in [-0.3, -0.25) is 30.0 Å². The van der Waals surface area contributed by atoms with Crippen LogP contribution >= 0.6 is 0 Å². The van der Waals surface area contributed by atoms with E-state index >= 15 is 0 Å². The highest BCUT2D eigenvalue weighted by molar-refractivity contribution is 5.95. The Balaban J connectivity index is 1.61. The number of hydrazine groups is 1. The number of hydrogen-bond donors (Lipinski definition) is 3. The Morgan fingerprint density at radius 1 is 0.828 bits per heavy atom. The molecule has 2 aromatic rings. The predicted octanol–water partition coefficient (Wildman–Crippen LogP) is 1.65. The molecule has 3 amide bonds. The summed E-state index contributed by atoms with van der Waals surface area (Å²) in [5.41, 5.74) is 5.80. The predicted molar refractivity (Wildman–Crippen MR) is 105 cm³/mol. The van der Waals surface area contributed by atoms with E-state index in [9.17, 15) is 19.2 Å².